The molecule has 1 unspecified atom stereocenters. The van der Waals surface area contributed by atoms with E-state index in [2.05, 4.69) is 4.98 Å². The van der Waals surface area contributed by atoms with Crippen LogP contribution in [0.2, 0.25) is 5.02 Å². The van der Waals surface area contributed by atoms with Gasteiger partial charge < -0.3 is 15.2 Å². The molecule has 1 fully saturated rings. The third-order valence-corrected chi connectivity index (χ3v) is 2.53. The van der Waals surface area contributed by atoms with Crippen LogP contribution in [-0.4, -0.2) is 30.2 Å². The van der Waals surface area contributed by atoms with Gasteiger partial charge in [-0.15, -0.1) is 0 Å². The van der Waals surface area contributed by atoms with E-state index >= 15 is 0 Å². The summed E-state index contributed by atoms with van der Waals surface area (Å²) in [6, 6.07) is 1.45. The van der Waals surface area contributed by atoms with Crippen molar-refractivity contribution in [2.24, 2.45) is 5.73 Å². The Hall–Kier alpha value is -1.33. The first-order chi connectivity index (χ1) is 7.66. The number of primary amides is 1. The fourth-order valence-corrected chi connectivity index (χ4v) is 1.62. The molecule has 2 N–H and O–H groups in total. The highest BCUT2D eigenvalue weighted by Gasteiger charge is 2.19. The van der Waals surface area contributed by atoms with Gasteiger partial charge in [0, 0.05) is 12.6 Å². The van der Waals surface area contributed by atoms with Crippen molar-refractivity contribution < 1.29 is 14.3 Å². The number of nitrogens with two attached hydrogens (primary N) is 1. The van der Waals surface area contributed by atoms with E-state index in [1.165, 1.54) is 12.3 Å². The van der Waals surface area contributed by atoms with E-state index in [4.69, 9.17) is 26.8 Å². The Balaban J connectivity index is 2.12. The van der Waals surface area contributed by atoms with Crippen molar-refractivity contribution in [3.05, 3.63) is 22.8 Å². The number of hydrogen-bond acceptors (Lipinski definition) is 4. The lowest BCUT2D eigenvalue weighted by Gasteiger charge is -2.11. The summed E-state index contributed by atoms with van der Waals surface area (Å²) in [5, 5.41) is 0.281. The van der Waals surface area contributed by atoms with Crippen LogP contribution < -0.4 is 10.5 Å². The predicted molar refractivity (Wildman–Crippen MR) is 57.6 cm³/mol. The first-order valence-corrected chi connectivity index (χ1v) is 5.24. The van der Waals surface area contributed by atoms with Crippen LogP contribution in [0.25, 0.3) is 0 Å². The lowest BCUT2D eigenvalue weighted by molar-refractivity contribution is 0.0999. The van der Waals surface area contributed by atoms with Crippen LogP contribution in [0.5, 0.6) is 5.88 Å². The van der Waals surface area contributed by atoms with E-state index in [0.29, 0.717) is 19.1 Å². The van der Waals surface area contributed by atoms with Gasteiger partial charge in [-0.3, -0.25) is 4.79 Å². The molecule has 0 bridgehead atoms. The Morgan fingerprint density at radius 1 is 1.69 bits per heavy atom. The first kappa shape index (κ1) is 11.2. The molecule has 0 spiro atoms. The van der Waals surface area contributed by atoms with Gasteiger partial charge in [0.15, 0.2) is 0 Å². The van der Waals surface area contributed by atoms with E-state index in [1.807, 2.05) is 0 Å². The lowest BCUT2D eigenvalue weighted by Crippen LogP contribution is -2.17. The Kier molecular flexibility index (Phi) is 3.26. The number of nitrogens with zero attached hydrogens (tertiary/aromatic N) is 1. The van der Waals surface area contributed by atoms with Crippen molar-refractivity contribution in [1.82, 2.24) is 4.98 Å². The van der Waals surface area contributed by atoms with Gasteiger partial charge in [-0.2, -0.15) is 0 Å². The molecule has 1 amide bonds. The van der Waals surface area contributed by atoms with E-state index < -0.39 is 5.91 Å². The van der Waals surface area contributed by atoms with Crippen molar-refractivity contribution in [3.63, 3.8) is 0 Å². The number of pyridine rings is 1. The molecule has 1 aliphatic heterocycles. The van der Waals surface area contributed by atoms with Gasteiger partial charge in [0.1, 0.15) is 11.1 Å². The second kappa shape index (κ2) is 4.67. The fraction of sp³-hybridized carbons (Fsp3) is 0.400. The smallest absolute Gasteiger partial charge is 0.250 e. The largest absolute Gasteiger partial charge is 0.471 e. The number of hydrogen-bond donors (Lipinski definition) is 1. The van der Waals surface area contributed by atoms with Gasteiger partial charge in [-0.1, -0.05) is 11.6 Å². The SMILES string of the molecule is NC(=O)c1cnc(OC2CCOC2)c(Cl)c1. The number of ether oxygens (including phenoxy) is 2. The van der Waals surface area contributed by atoms with E-state index in [-0.39, 0.29) is 16.7 Å². The second-order valence-electron chi connectivity index (χ2n) is 3.48. The zero-order valence-electron chi connectivity index (χ0n) is 8.48. The van der Waals surface area contributed by atoms with E-state index in [9.17, 15) is 4.79 Å². The fourth-order valence-electron chi connectivity index (χ4n) is 1.41. The molecule has 86 valence electrons. The van der Waals surface area contributed by atoms with Crippen LogP contribution in [0.3, 0.4) is 0 Å². The normalized spacial score (nSPS) is 19.7. The molecule has 2 rings (SSSR count). The minimum absolute atomic E-state index is 0.0237. The van der Waals surface area contributed by atoms with Crippen molar-refractivity contribution >= 4 is 17.5 Å². The number of halogens is 1. The maximum Gasteiger partial charge on any atom is 0.250 e. The third kappa shape index (κ3) is 2.43. The van der Waals surface area contributed by atoms with Crippen LogP contribution >= 0.6 is 11.6 Å². The molecule has 5 nitrogen and oxygen atoms in total. The third-order valence-electron chi connectivity index (χ3n) is 2.26. The summed E-state index contributed by atoms with van der Waals surface area (Å²) in [5.74, 6) is -0.257. The molecular weight excluding hydrogens is 232 g/mol. The van der Waals surface area contributed by atoms with Gasteiger partial charge in [-0.25, -0.2) is 4.98 Å². The summed E-state index contributed by atoms with van der Waals surface area (Å²) in [5.41, 5.74) is 5.36. The Morgan fingerprint density at radius 3 is 3.06 bits per heavy atom. The average Bonchev–Trinajstić information content (AvgIpc) is 2.73. The zero-order chi connectivity index (χ0) is 11.5. The summed E-state index contributed by atoms with van der Waals surface area (Å²) in [4.78, 5) is 14.8. The number of carbonyl (C=O) groups excluding carboxylic acids is 1. The molecule has 1 aliphatic rings. The zero-order valence-corrected chi connectivity index (χ0v) is 9.24. The van der Waals surface area contributed by atoms with E-state index in [0.717, 1.165) is 6.42 Å². The highest BCUT2D eigenvalue weighted by molar-refractivity contribution is 6.32. The Morgan fingerprint density at radius 2 is 2.50 bits per heavy atom. The summed E-state index contributed by atoms with van der Waals surface area (Å²) in [7, 11) is 0. The van der Waals surface area contributed by atoms with Gasteiger partial charge in [0.2, 0.25) is 11.8 Å². The first-order valence-electron chi connectivity index (χ1n) is 4.86. The number of carbonyl (C=O) groups is 1. The molecule has 0 aromatic carbocycles. The van der Waals surface area contributed by atoms with Crippen LogP contribution in [-0.2, 0) is 4.74 Å². The van der Waals surface area contributed by atoms with Gasteiger partial charge in [0.25, 0.3) is 0 Å². The molecule has 0 saturated carbocycles. The molecule has 1 aromatic rings. The minimum atomic E-state index is -0.565. The van der Waals surface area contributed by atoms with Crippen LogP contribution in [0.15, 0.2) is 12.3 Å². The van der Waals surface area contributed by atoms with Crippen molar-refractivity contribution in [1.29, 1.82) is 0 Å². The second-order valence-corrected chi connectivity index (χ2v) is 3.89. The molecule has 2 heterocycles. The van der Waals surface area contributed by atoms with Gasteiger partial charge in [-0.05, 0) is 6.07 Å². The molecule has 6 heteroatoms. The number of amides is 1. The Labute approximate surface area is 97.5 Å². The van der Waals surface area contributed by atoms with Crippen LogP contribution in [0, 0.1) is 0 Å². The number of rotatable bonds is 3. The molecule has 1 aromatic heterocycles. The topological polar surface area (TPSA) is 74.4 Å². The molecule has 16 heavy (non-hydrogen) atoms. The van der Waals surface area contributed by atoms with Crippen molar-refractivity contribution in [3.8, 4) is 5.88 Å². The quantitative estimate of drug-likeness (QED) is 0.858. The van der Waals surface area contributed by atoms with Crippen LogP contribution in [0.4, 0.5) is 0 Å². The predicted octanol–water partition coefficient (Wildman–Crippen LogP) is 1.00. The molecule has 0 radical (unpaired) electrons. The van der Waals surface area contributed by atoms with Crippen LogP contribution in [0.1, 0.15) is 16.8 Å². The lowest BCUT2D eigenvalue weighted by atomic mass is 10.3. The van der Waals surface area contributed by atoms with Crippen molar-refractivity contribution in [2.75, 3.05) is 13.2 Å². The summed E-state index contributed by atoms with van der Waals surface area (Å²) in [6.07, 6.45) is 2.14. The van der Waals surface area contributed by atoms with E-state index in [1.54, 1.807) is 0 Å². The van der Waals surface area contributed by atoms with Gasteiger partial charge >= 0.3 is 0 Å². The van der Waals surface area contributed by atoms with Gasteiger partial charge in [0.05, 0.1) is 18.8 Å². The molecular formula is C10H11ClN2O3. The Bertz CT molecular complexity index is 405. The minimum Gasteiger partial charge on any atom is -0.471 e. The monoisotopic (exact) mass is 242 g/mol. The standard InChI is InChI=1S/C10H11ClN2O3/c11-8-3-6(9(12)14)4-13-10(8)16-7-1-2-15-5-7/h3-4,7H,1-2,5H2,(H2,12,14). The molecule has 1 atom stereocenters. The maximum atomic E-state index is 10.9. The summed E-state index contributed by atoms with van der Waals surface area (Å²) < 4.78 is 10.7. The highest BCUT2D eigenvalue weighted by Crippen LogP contribution is 2.24. The van der Waals surface area contributed by atoms with Crippen molar-refractivity contribution in [2.45, 2.75) is 12.5 Å². The molecule has 0 aliphatic carbocycles. The summed E-state index contributed by atoms with van der Waals surface area (Å²) >= 11 is 5.92. The molecule has 1 saturated heterocycles. The maximum absolute atomic E-state index is 10.9. The summed E-state index contributed by atoms with van der Waals surface area (Å²) in [6.45, 7) is 1.22. The number of aromatic nitrogens is 1. The average molecular weight is 243 g/mol. The highest BCUT2D eigenvalue weighted by atomic mass is 35.5.